The van der Waals surface area contributed by atoms with E-state index in [-0.39, 0.29) is 17.4 Å². The lowest BCUT2D eigenvalue weighted by Gasteiger charge is -2.15. The summed E-state index contributed by atoms with van der Waals surface area (Å²) in [6.07, 6.45) is 1.52. The number of anilines is 2. The molecule has 0 saturated heterocycles. The van der Waals surface area contributed by atoms with Crippen LogP contribution in [0, 0.1) is 6.92 Å². The number of halogens is 1. The summed E-state index contributed by atoms with van der Waals surface area (Å²) < 4.78 is 16.3. The average molecular weight is 646 g/mol. The van der Waals surface area contributed by atoms with Crippen molar-refractivity contribution < 1.29 is 28.6 Å². The Morgan fingerprint density at radius 1 is 0.822 bits per heavy atom. The third kappa shape index (κ3) is 9.04. The summed E-state index contributed by atoms with van der Waals surface area (Å²) in [4.78, 5) is 39.8. The number of ether oxygens (including phenoxy) is 3. The van der Waals surface area contributed by atoms with Gasteiger partial charge in [-0.2, -0.15) is 0 Å². The number of hydrogen-bond donors (Lipinski definition) is 3. The van der Waals surface area contributed by atoms with E-state index in [0.717, 1.165) is 10.5 Å². The van der Waals surface area contributed by atoms with Gasteiger partial charge < -0.3 is 30.2 Å². The molecule has 0 aliphatic heterocycles. The average Bonchev–Trinajstić information content (AvgIpc) is 3.05. The highest BCUT2D eigenvalue weighted by molar-refractivity contribution is 8.00. The molecular weight excluding hydrogens is 614 g/mol. The van der Waals surface area contributed by atoms with Gasteiger partial charge in [0.1, 0.15) is 5.70 Å². The Labute approximate surface area is 270 Å². The van der Waals surface area contributed by atoms with Crippen LogP contribution in [0.2, 0.25) is 5.02 Å². The Balaban J connectivity index is 1.49. The van der Waals surface area contributed by atoms with Crippen molar-refractivity contribution in [3.8, 4) is 17.2 Å². The highest BCUT2D eigenvalue weighted by atomic mass is 35.5. The molecule has 0 heterocycles. The number of carbonyl (C=O) groups is 3. The van der Waals surface area contributed by atoms with Crippen LogP contribution in [0.4, 0.5) is 11.4 Å². The third-order valence-corrected chi connectivity index (χ3v) is 7.73. The summed E-state index contributed by atoms with van der Waals surface area (Å²) in [6, 6.07) is 24.2. The molecule has 0 aromatic heterocycles. The second-order valence-electron chi connectivity index (χ2n) is 9.61. The Morgan fingerprint density at radius 2 is 1.49 bits per heavy atom. The first-order valence-electron chi connectivity index (χ1n) is 13.7. The number of thioether (sulfide) groups is 1. The summed E-state index contributed by atoms with van der Waals surface area (Å²) in [5, 5.41) is 8.96. The Morgan fingerprint density at radius 3 is 2.11 bits per heavy atom. The number of benzene rings is 4. The van der Waals surface area contributed by atoms with E-state index >= 15 is 0 Å². The van der Waals surface area contributed by atoms with E-state index in [9.17, 15) is 14.4 Å². The van der Waals surface area contributed by atoms with E-state index in [2.05, 4.69) is 16.0 Å². The number of carbonyl (C=O) groups excluding carboxylic acids is 3. The van der Waals surface area contributed by atoms with E-state index in [0.29, 0.717) is 44.8 Å². The number of aryl methyl sites for hydroxylation is 1. The number of rotatable bonds is 12. The van der Waals surface area contributed by atoms with Gasteiger partial charge in [0, 0.05) is 26.9 Å². The quantitative estimate of drug-likeness (QED) is 0.114. The van der Waals surface area contributed by atoms with Crippen molar-refractivity contribution in [2.75, 3.05) is 37.7 Å². The van der Waals surface area contributed by atoms with Gasteiger partial charge in [0.15, 0.2) is 11.5 Å². The molecule has 3 amide bonds. The molecule has 3 N–H and O–H groups in total. The van der Waals surface area contributed by atoms with Crippen LogP contribution in [0.3, 0.4) is 0 Å². The van der Waals surface area contributed by atoms with Crippen LogP contribution >= 0.6 is 23.4 Å². The van der Waals surface area contributed by atoms with Gasteiger partial charge in [0.05, 0.1) is 27.1 Å². The smallest absolute Gasteiger partial charge is 0.272 e. The molecule has 232 valence electrons. The summed E-state index contributed by atoms with van der Waals surface area (Å²) in [7, 11) is 4.48. The van der Waals surface area contributed by atoms with Gasteiger partial charge in [-0.05, 0) is 84.8 Å². The minimum absolute atomic E-state index is 0.00967. The molecule has 0 bridgehead atoms. The Hall–Kier alpha value is -4.93. The van der Waals surface area contributed by atoms with Gasteiger partial charge >= 0.3 is 0 Å². The molecule has 11 heteroatoms. The maximum Gasteiger partial charge on any atom is 0.272 e. The molecule has 0 aliphatic carbocycles. The standard InChI is InChI=1S/C34H32ClN3O6S/c1-21-10-11-24(35)19-27(21)37-31(39)20-45-26-14-12-25(13-15-26)36-34(41)28(38-33(40)23-8-6-5-7-9-23)16-22-17-29(42-2)32(44-4)30(18-22)43-3/h5-19H,20H2,1-4H3,(H,36,41)(H,37,39)(H,38,40)/b28-16-. The van der Waals surface area contributed by atoms with Gasteiger partial charge in [-0.15, -0.1) is 11.8 Å². The molecule has 0 radical (unpaired) electrons. The third-order valence-electron chi connectivity index (χ3n) is 6.48. The van der Waals surface area contributed by atoms with Crippen molar-refractivity contribution in [2.45, 2.75) is 11.8 Å². The van der Waals surface area contributed by atoms with Crippen molar-refractivity contribution >= 4 is 58.5 Å². The van der Waals surface area contributed by atoms with Crippen molar-refractivity contribution in [1.29, 1.82) is 0 Å². The molecule has 4 rings (SSSR count). The van der Waals surface area contributed by atoms with Crippen LogP contribution in [-0.4, -0.2) is 44.8 Å². The molecule has 0 spiro atoms. The van der Waals surface area contributed by atoms with Crippen LogP contribution < -0.4 is 30.2 Å². The van der Waals surface area contributed by atoms with Crippen LogP contribution in [0.15, 0.2) is 95.5 Å². The summed E-state index contributed by atoms with van der Waals surface area (Å²) in [5.41, 5.74) is 2.98. The van der Waals surface area contributed by atoms with Crippen LogP contribution in [-0.2, 0) is 9.59 Å². The Kier molecular flexibility index (Phi) is 11.5. The zero-order chi connectivity index (χ0) is 32.3. The first-order valence-corrected chi connectivity index (χ1v) is 15.1. The van der Waals surface area contributed by atoms with Crippen molar-refractivity contribution in [2.24, 2.45) is 0 Å². The summed E-state index contributed by atoms with van der Waals surface area (Å²) in [5.74, 6) is 0.186. The second kappa shape index (κ2) is 15.7. The van der Waals surface area contributed by atoms with Gasteiger partial charge in [-0.3, -0.25) is 14.4 Å². The number of nitrogens with one attached hydrogen (secondary N) is 3. The summed E-state index contributed by atoms with van der Waals surface area (Å²) >= 11 is 7.40. The SMILES string of the molecule is COc1cc(/C=C(\NC(=O)c2ccccc2)C(=O)Nc2ccc(SCC(=O)Nc3cc(Cl)ccc3C)cc2)cc(OC)c1OC. The molecule has 0 fully saturated rings. The predicted octanol–water partition coefficient (Wildman–Crippen LogP) is 6.81. The minimum Gasteiger partial charge on any atom is -0.493 e. The highest BCUT2D eigenvalue weighted by Gasteiger charge is 2.18. The van der Waals surface area contributed by atoms with Gasteiger partial charge in [0.25, 0.3) is 11.8 Å². The lowest BCUT2D eigenvalue weighted by molar-refractivity contribution is -0.114. The zero-order valence-corrected chi connectivity index (χ0v) is 26.7. The van der Waals surface area contributed by atoms with Gasteiger partial charge in [-0.1, -0.05) is 35.9 Å². The molecule has 0 aliphatic rings. The van der Waals surface area contributed by atoms with Crippen LogP contribution in [0.1, 0.15) is 21.5 Å². The number of amides is 3. The first-order chi connectivity index (χ1) is 21.7. The van der Waals surface area contributed by atoms with Crippen LogP contribution in [0.5, 0.6) is 17.2 Å². The van der Waals surface area contributed by atoms with Crippen molar-refractivity contribution in [1.82, 2.24) is 5.32 Å². The fourth-order valence-corrected chi connectivity index (χ4v) is 5.06. The van der Waals surface area contributed by atoms with E-state index < -0.39 is 11.8 Å². The highest BCUT2D eigenvalue weighted by Crippen LogP contribution is 2.38. The number of hydrogen-bond acceptors (Lipinski definition) is 7. The maximum absolute atomic E-state index is 13.5. The molecule has 45 heavy (non-hydrogen) atoms. The normalized spacial score (nSPS) is 10.9. The molecule has 0 unspecified atom stereocenters. The predicted molar refractivity (Wildman–Crippen MR) is 179 cm³/mol. The molecule has 0 saturated carbocycles. The van der Waals surface area contributed by atoms with Gasteiger partial charge in [-0.25, -0.2) is 0 Å². The van der Waals surface area contributed by atoms with Gasteiger partial charge in [0.2, 0.25) is 11.7 Å². The largest absolute Gasteiger partial charge is 0.493 e. The minimum atomic E-state index is -0.551. The first kappa shape index (κ1) is 33.0. The molecule has 4 aromatic carbocycles. The zero-order valence-electron chi connectivity index (χ0n) is 25.1. The molecular formula is C34H32ClN3O6S. The fourth-order valence-electron chi connectivity index (χ4n) is 4.19. The molecule has 9 nitrogen and oxygen atoms in total. The Bertz CT molecular complexity index is 1690. The van der Waals surface area contributed by atoms with E-state index in [1.54, 1.807) is 78.9 Å². The van der Waals surface area contributed by atoms with Crippen molar-refractivity contribution in [3.63, 3.8) is 0 Å². The second-order valence-corrected chi connectivity index (χ2v) is 11.1. The van der Waals surface area contributed by atoms with E-state index in [1.807, 2.05) is 13.0 Å². The monoisotopic (exact) mass is 645 g/mol. The fraction of sp³-hybridized carbons (Fsp3) is 0.147. The van der Waals surface area contributed by atoms with Crippen molar-refractivity contribution in [3.05, 3.63) is 112 Å². The topological polar surface area (TPSA) is 115 Å². The van der Waals surface area contributed by atoms with E-state index in [1.165, 1.54) is 39.2 Å². The van der Waals surface area contributed by atoms with E-state index in [4.69, 9.17) is 25.8 Å². The molecule has 0 atom stereocenters. The lowest BCUT2D eigenvalue weighted by Crippen LogP contribution is -2.30. The van der Waals surface area contributed by atoms with Crippen LogP contribution in [0.25, 0.3) is 6.08 Å². The summed E-state index contributed by atoms with van der Waals surface area (Å²) in [6.45, 7) is 1.89. The maximum atomic E-state index is 13.5. The number of methoxy groups -OCH3 is 3. The molecule has 4 aromatic rings. The lowest BCUT2D eigenvalue weighted by atomic mass is 10.1.